The molecule has 0 saturated heterocycles. The van der Waals surface area contributed by atoms with Crippen molar-refractivity contribution in [1.82, 2.24) is 0 Å². The molecular weight excluding hydrogens is 286 g/mol. The number of oxime groups is 1. The first-order valence-corrected chi connectivity index (χ1v) is 9.22. The number of fused-ring (bicyclic) bond motifs is 5. The number of rotatable bonds is 0. The fraction of sp³-hybridized carbons (Fsp3) is 0.750. The van der Waals surface area contributed by atoms with Crippen LogP contribution in [0.3, 0.4) is 0 Å². The molecule has 23 heavy (non-hydrogen) atoms. The Balaban J connectivity index is 1.67. The monoisotopic (exact) mass is 315 g/mol. The van der Waals surface area contributed by atoms with Crippen LogP contribution in [0.1, 0.15) is 59.3 Å². The molecule has 126 valence electrons. The first-order valence-electron chi connectivity index (χ1n) is 9.22. The van der Waals surface area contributed by atoms with E-state index < -0.39 is 5.60 Å². The lowest BCUT2D eigenvalue weighted by atomic mass is 9.50. The van der Waals surface area contributed by atoms with Gasteiger partial charge in [-0.2, -0.15) is 0 Å². The van der Waals surface area contributed by atoms with Crippen molar-refractivity contribution in [2.45, 2.75) is 64.9 Å². The molecule has 0 bridgehead atoms. The molecule has 2 saturated carbocycles. The standard InChI is InChI=1S/C20H29NO2/c1-12-13-4-5-16-15(14(13)6-7-18(12)21-23)8-10-19(2)17(16)9-11-20(19,3)22/h9,11,14-17,22-23H,4-8,10H2,1-3H3/b21-18+/t14-,15+,16+,17-,19-,20-/m0/s1. The fourth-order valence-corrected chi connectivity index (χ4v) is 6.32. The summed E-state index contributed by atoms with van der Waals surface area (Å²) < 4.78 is 0. The van der Waals surface area contributed by atoms with E-state index in [4.69, 9.17) is 0 Å². The van der Waals surface area contributed by atoms with E-state index in [9.17, 15) is 10.3 Å². The average molecular weight is 315 g/mol. The number of hydrogen-bond acceptors (Lipinski definition) is 3. The second-order valence-electron chi connectivity index (χ2n) is 8.70. The number of hydrogen-bond donors (Lipinski definition) is 2. The highest BCUT2D eigenvalue weighted by atomic mass is 16.4. The van der Waals surface area contributed by atoms with Gasteiger partial charge in [0.1, 0.15) is 0 Å². The maximum Gasteiger partial charge on any atom is 0.0858 e. The lowest BCUT2D eigenvalue weighted by Gasteiger charge is -2.55. The Kier molecular flexibility index (Phi) is 3.32. The van der Waals surface area contributed by atoms with Gasteiger partial charge in [-0.3, -0.25) is 0 Å². The molecule has 6 atom stereocenters. The maximum absolute atomic E-state index is 10.8. The Morgan fingerprint density at radius 3 is 2.65 bits per heavy atom. The summed E-state index contributed by atoms with van der Waals surface area (Å²) in [5, 5.41) is 23.6. The molecule has 3 heteroatoms. The predicted octanol–water partition coefficient (Wildman–Crippen LogP) is 4.31. The van der Waals surface area contributed by atoms with E-state index in [1.165, 1.54) is 18.4 Å². The van der Waals surface area contributed by atoms with Crippen LogP contribution in [0.15, 0.2) is 28.5 Å². The number of allylic oxidation sites excluding steroid dienone is 3. The highest BCUT2D eigenvalue weighted by molar-refractivity contribution is 6.00. The van der Waals surface area contributed by atoms with Crippen LogP contribution < -0.4 is 0 Å². The molecular formula is C20H29NO2. The van der Waals surface area contributed by atoms with Crippen LogP contribution >= 0.6 is 0 Å². The molecule has 0 amide bonds. The van der Waals surface area contributed by atoms with Crippen molar-refractivity contribution in [2.24, 2.45) is 34.2 Å². The van der Waals surface area contributed by atoms with E-state index in [1.54, 1.807) is 5.57 Å². The largest absolute Gasteiger partial charge is 0.411 e. The predicted molar refractivity (Wildman–Crippen MR) is 91.5 cm³/mol. The van der Waals surface area contributed by atoms with Gasteiger partial charge in [-0.1, -0.05) is 29.8 Å². The third-order valence-electron chi connectivity index (χ3n) is 7.97. The van der Waals surface area contributed by atoms with E-state index in [0.717, 1.165) is 37.3 Å². The van der Waals surface area contributed by atoms with E-state index >= 15 is 0 Å². The summed E-state index contributed by atoms with van der Waals surface area (Å²) in [7, 11) is 0. The molecule has 0 heterocycles. The van der Waals surface area contributed by atoms with Gasteiger partial charge in [0.15, 0.2) is 0 Å². The minimum atomic E-state index is -0.655. The Morgan fingerprint density at radius 2 is 1.91 bits per heavy atom. The van der Waals surface area contributed by atoms with Gasteiger partial charge in [0, 0.05) is 5.41 Å². The molecule has 4 aliphatic carbocycles. The highest BCUT2D eigenvalue weighted by Gasteiger charge is 2.58. The average Bonchev–Trinajstić information content (AvgIpc) is 2.77. The van der Waals surface area contributed by atoms with Gasteiger partial charge in [0.2, 0.25) is 0 Å². The minimum Gasteiger partial charge on any atom is -0.411 e. The second-order valence-corrected chi connectivity index (χ2v) is 8.70. The van der Waals surface area contributed by atoms with Crippen LogP contribution in [-0.2, 0) is 0 Å². The van der Waals surface area contributed by atoms with E-state index in [1.807, 2.05) is 6.92 Å². The Hall–Kier alpha value is -1.09. The van der Waals surface area contributed by atoms with Crippen LogP contribution in [-0.4, -0.2) is 21.6 Å². The van der Waals surface area contributed by atoms with Crippen molar-refractivity contribution >= 4 is 5.71 Å². The first kappa shape index (κ1) is 15.4. The van der Waals surface area contributed by atoms with Crippen LogP contribution in [0.4, 0.5) is 0 Å². The summed E-state index contributed by atoms with van der Waals surface area (Å²) in [4.78, 5) is 0. The third kappa shape index (κ3) is 1.95. The minimum absolute atomic E-state index is 0.0107. The molecule has 0 aromatic heterocycles. The lowest BCUT2D eigenvalue weighted by Crippen LogP contribution is -2.52. The Morgan fingerprint density at radius 1 is 1.13 bits per heavy atom. The summed E-state index contributed by atoms with van der Waals surface area (Å²) in [6, 6.07) is 0. The maximum atomic E-state index is 10.8. The molecule has 0 aromatic carbocycles. The summed E-state index contributed by atoms with van der Waals surface area (Å²) in [5.74, 6) is 2.63. The molecule has 0 aromatic rings. The van der Waals surface area contributed by atoms with Crippen molar-refractivity contribution in [1.29, 1.82) is 0 Å². The Labute approximate surface area is 139 Å². The van der Waals surface area contributed by atoms with Gasteiger partial charge >= 0.3 is 0 Å². The van der Waals surface area contributed by atoms with E-state index in [0.29, 0.717) is 17.8 Å². The van der Waals surface area contributed by atoms with E-state index in [-0.39, 0.29) is 5.41 Å². The van der Waals surface area contributed by atoms with Gasteiger partial charge in [0.25, 0.3) is 0 Å². The van der Waals surface area contributed by atoms with Crippen molar-refractivity contribution in [3.05, 3.63) is 23.3 Å². The molecule has 3 nitrogen and oxygen atoms in total. The molecule has 0 spiro atoms. The van der Waals surface area contributed by atoms with Crippen LogP contribution in [0, 0.1) is 29.1 Å². The van der Waals surface area contributed by atoms with Gasteiger partial charge in [0.05, 0.1) is 11.3 Å². The summed E-state index contributed by atoms with van der Waals surface area (Å²) >= 11 is 0. The zero-order valence-electron chi connectivity index (χ0n) is 14.5. The summed E-state index contributed by atoms with van der Waals surface area (Å²) in [5.41, 5.74) is 3.07. The topological polar surface area (TPSA) is 52.8 Å². The van der Waals surface area contributed by atoms with Gasteiger partial charge in [-0.05, 0) is 81.6 Å². The van der Waals surface area contributed by atoms with Crippen molar-refractivity contribution < 1.29 is 10.3 Å². The van der Waals surface area contributed by atoms with E-state index in [2.05, 4.69) is 31.2 Å². The molecule has 0 unspecified atom stereocenters. The van der Waals surface area contributed by atoms with Crippen LogP contribution in [0.25, 0.3) is 0 Å². The normalized spacial score (nSPS) is 50.7. The third-order valence-corrected chi connectivity index (χ3v) is 7.97. The van der Waals surface area contributed by atoms with Crippen molar-refractivity contribution in [2.75, 3.05) is 0 Å². The molecule has 2 N–H and O–H groups in total. The molecule has 4 rings (SSSR count). The first-order chi connectivity index (χ1) is 10.9. The molecule has 0 aliphatic heterocycles. The van der Waals surface area contributed by atoms with Crippen molar-refractivity contribution in [3.8, 4) is 0 Å². The zero-order valence-corrected chi connectivity index (χ0v) is 14.5. The second kappa shape index (κ2) is 4.95. The SMILES string of the molecule is CC1=C2CC[C@@H]3[C@H](CC[C@@]4(C)[C@H]3C=C[C@]4(C)O)[C@H]2CC/C1=N\O. The van der Waals surface area contributed by atoms with Crippen molar-refractivity contribution in [3.63, 3.8) is 0 Å². The number of aliphatic hydroxyl groups is 1. The van der Waals surface area contributed by atoms with Gasteiger partial charge < -0.3 is 10.3 Å². The molecule has 4 aliphatic rings. The lowest BCUT2D eigenvalue weighted by molar-refractivity contribution is -0.0929. The van der Waals surface area contributed by atoms with Crippen LogP contribution in [0.2, 0.25) is 0 Å². The van der Waals surface area contributed by atoms with Gasteiger partial charge in [-0.15, -0.1) is 0 Å². The molecule has 2 fully saturated rings. The number of nitrogens with zero attached hydrogens (tertiary/aromatic N) is 1. The fourth-order valence-electron chi connectivity index (χ4n) is 6.32. The zero-order chi connectivity index (χ0) is 16.4. The summed E-state index contributed by atoms with van der Waals surface area (Å²) in [6.07, 6.45) is 11.1. The quantitative estimate of drug-likeness (QED) is 0.398. The summed E-state index contributed by atoms with van der Waals surface area (Å²) in [6.45, 7) is 6.43. The molecule has 0 radical (unpaired) electrons. The van der Waals surface area contributed by atoms with Gasteiger partial charge in [-0.25, -0.2) is 0 Å². The smallest absolute Gasteiger partial charge is 0.0858 e. The Bertz CT molecular complexity index is 615. The highest BCUT2D eigenvalue weighted by Crippen LogP contribution is 2.62. The van der Waals surface area contributed by atoms with Crippen LogP contribution in [0.5, 0.6) is 0 Å².